The van der Waals surface area contributed by atoms with E-state index in [9.17, 15) is 4.79 Å². The van der Waals surface area contributed by atoms with E-state index < -0.39 is 0 Å². The first kappa shape index (κ1) is 19.0. The van der Waals surface area contributed by atoms with Crippen LogP contribution in [0.4, 0.5) is 0 Å². The zero-order chi connectivity index (χ0) is 15.7. The summed E-state index contributed by atoms with van der Waals surface area (Å²) in [6, 6.07) is 0. The van der Waals surface area contributed by atoms with Gasteiger partial charge in [-0.2, -0.15) is 0 Å². The summed E-state index contributed by atoms with van der Waals surface area (Å²) in [6.07, 6.45) is 3.90. The van der Waals surface area contributed by atoms with E-state index in [2.05, 4.69) is 23.8 Å². The van der Waals surface area contributed by atoms with Crippen LogP contribution in [0.15, 0.2) is 0 Å². The van der Waals surface area contributed by atoms with Crippen LogP contribution < -0.4 is 0 Å². The van der Waals surface area contributed by atoms with Crippen molar-refractivity contribution in [1.82, 2.24) is 0 Å². The smallest absolute Gasteiger partial charge is 0.310 e. The highest BCUT2D eigenvalue weighted by molar-refractivity contribution is 7.95. The molecule has 124 valence electrons. The molecule has 1 aliphatic rings. The van der Waals surface area contributed by atoms with Crippen molar-refractivity contribution in [2.24, 2.45) is 17.8 Å². The SMILES string of the molecule is CCC(C)C1CCC(C(=O)OCCCl)C(SOOOC)C1. The van der Waals surface area contributed by atoms with Crippen LogP contribution in [0.3, 0.4) is 0 Å². The fourth-order valence-electron chi connectivity index (χ4n) is 2.73. The molecule has 1 aliphatic carbocycles. The molecule has 0 heterocycles. The molecule has 0 radical (unpaired) electrons. The molecule has 0 amide bonds. The normalized spacial score (nSPS) is 27.3. The largest absolute Gasteiger partial charge is 0.464 e. The van der Waals surface area contributed by atoms with Gasteiger partial charge in [0.1, 0.15) is 6.61 Å². The summed E-state index contributed by atoms with van der Waals surface area (Å²) < 4.78 is 10.1. The van der Waals surface area contributed by atoms with Crippen LogP contribution in [0, 0.1) is 17.8 Å². The summed E-state index contributed by atoms with van der Waals surface area (Å²) in [5, 5.41) is 4.47. The van der Waals surface area contributed by atoms with Gasteiger partial charge in [-0.05, 0) is 31.1 Å². The number of carbonyl (C=O) groups excluding carboxylic acids is 1. The van der Waals surface area contributed by atoms with E-state index in [1.807, 2.05) is 0 Å². The Morgan fingerprint density at radius 3 is 2.81 bits per heavy atom. The van der Waals surface area contributed by atoms with Crippen LogP contribution in [0.25, 0.3) is 0 Å². The topological polar surface area (TPSA) is 54.0 Å². The Bertz CT molecular complexity index is 305. The number of carbonyl (C=O) groups is 1. The van der Waals surface area contributed by atoms with Gasteiger partial charge in [0.2, 0.25) is 0 Å². The average Bonchev–Trinajstić information content (AvgIpc) is 2.51. The van der Waals surface area contributed by atoms with Gasteiger partial charge in [0.15, 0.2) is 0 Å². The zero-order valence-electron chi connectivity index (χ0n) is 12.9. The maximum atomic E-state index is 12.1. The molecular formula is C14H25ClO5S. The third kappa shape index (κ3) is 6.32. The number of rotatable bonds is 9. The summed E-state index contributed by atoms with van der Waals surface area (Å²) >= 11 is 6.71. The summed E-state index contributed by atoms with van der Waals surface area (Å²) in [6.45, 7) is 4.70. The first-order valence-corrected chi connectivity index (χ1v) is 8.73. The molecule has 0 N–H and O–H groups in total. The number of ether oxygens (including phenoxy) is 1. The molecule has 1 fully saturated rings. The lowest BCUT2D eigenvalue weighted by Crippen LogP contribution is -2.36. The molecule has 5 nitrogen and oxygen atoms in total. The Kier molecular flexibility index (Phi) is 9.67. The minimum atomic E-state index is -0.197. The van der Waals surface area contributed by atoms with Gasteiger partial charge in [-0.1, -0.05) is 25.3 Å². The molecular weight excluding hydrogens is 316 g/mol. The van der Waals surface area contributed by atoms with Gasteiger partial charge in [-0.3, -0.25) is 4.79 Å². The molecule has 21 heavy (non-hydrogen) atoms. The van der Waals surface area contributed by atoms with Gasteiger partial charge in [0.05, 0.1) is 18.9 Å². The van der Waals surface area contributed by atoms with Crippen LogP contribution in [-0.4, -0.2) is 30.8 Å². The Morgan fingerprint density at radius 1 is 1.43 bits per heavy atom. The third-order valence-electron chi connectivity index (χ3n) is 4.16. The number of esters is 1. The van der Waals surface area contributed by atoms with Gasteiger partial charge in [-0.15, -0.1) is 15.9 Å². The average molecular weight is 341 g/mol. The molecule has 0 aliphatic heterocycles. The Labute approximate surface area is 136 Å². The Balaban J connectivity index is 2.60. The maximum absolute atomic E-state index is 12.1. The fourth-order valence-corrected chi connectivity index (χ4v) is 3.70. The van der Waals surface area contributed by atoms with Crippen molar-refractivity contribution in [2.75, 3.05) is 19.6 Å². The molecule has 1 rings (SSSR count). The molecule has 0 saturated heterocycles. The lowest BCUT2D eigenvalue weighted by molar-refractivity contribution is -0.447. The molecule has 0 aromatic carbocycles. The summed E-state index contributed by atoms with van der Waals surface area (Å²) in [5.41, 5.74) is 0. The second-order valence-electron chi connectivity index (χ2n) is 5.36. The quantitative estimate of drug-likeness (QED) is 0.159. The first-order valence-electron chi connectivity index (χ1n) is 7.39. The van der Waals surface area contributed by atoms with E-state index >= 15 is 0 Å². The highest BCUT2D eigenvalue weighted by Gasteiger charge is 2.38. The minimum Gasteiger partial charge on any atom is -0.464 e. The minimum absolute atomic E-state index is 0.00993. The second kappa shape index (κ2) is 10.7. The van der Waals surface area contributed by atoms with E-state index in [-0.39, 0.29) is 23.7 Å². The number of hydrogen-bond acceptors (Lipinski definition) is 6. The van der Waals surface area contributed by atoms with Gasteiger partial charge in [-0.25, -0.2) is 4.89 Å². The Morgan fingerprint density at radius 2 is 2.19 bits per heavy atom. The maximum Gasteiger partial charge on any atom is 0.310 e. The van der Waals surface area contributed by atoms with Gasteiger partial charge in [0, 0.05) is 17.3 Å². The van der Waals surface area contributed by atoms with Crippen molar-refractivity contribution in [3.8, 4) is 0 Å². The summed E-state index contributed by atoms with van der Waals surface area (Å²) in [7, 11) is 1.37. The van der Waals surface area contributed by atoms with Crippen molar-refractivity contribution in [3.05, 3.63) is 0 Å². The van der Waals surface area contributed by atoms with Crippen molar-refractivity contribution in [1.29, 1.82) is 0 Å². The molecule has 4 atom stereocenters. The standard InChI is InChI=1S/C14H25ClO5S/c1-4-10(2)11-5-6-12(14(16)18-8-7-15)13(9-11)21-20-19-17-3/h10-13H,4-9H2,1-3H3. The molecule has 0 aromatic rings. The van der Waals surface area contributed by atoms with Crippen LogP contribution in [-0.2, 0) is 23.8 Å². The second-order valence-corrected chi connectivity index (χ2v) is 6.67. The van der Waals surface area contributed by atoms with Gasteiger partial charge < -0.3 is 4.74 Å². The van der Waals surface area contributed by atoms with E-state index in [0.29, 0.717) is 17.7 Å². The zero-order valence-corrected chi connectivity index (χ0v) is 14.5. The van der Waals surface area contributed by atoms with Gasteiger partial charge >= 0.3 is 5.97 Å². The van der Waals surface area contributed by atoms with Crippen molar-refractivity contribution >= 4 is 29.6 Å². The Hall–Kier alpha value is -0.0100. The fraction of sp³-hybridized carbons (Fsp3) is 0.929. The van der Waals surface area contributed by atoms with E-state index in [0.717, 1.165) is 37.7 Å². The van der Waals surface area contributed by atoms with Crippen LogP contribution in [0.2, 0.25) is 0 Å². The van der Waals surface area contributed by atoms with E-state index in [1.165, 1.54) is 7.11 Å². The number of alkyl halides is 1. The van der Waals surface area contributed by atoms with E-state index in [1.54, 1.807) is 0 Å². The number of halogens is 1. The molecule has 0 spiro atoms. The highest BCUT2D eigenvalue weighted by atomic mass is 35.5. The summed E-state index contributed by atoms with van der Waals surface area (Å²) in [4.78, 5) is 16.5. The molecule has 4 unspecified atom stereocenters. The monoisotopic (exact) mass is 340 g/mol. The number of hydrogen-bond donors (Lipinski definition) is 0. The van der Waals surface area contributed by atoms with Crippen molar-refractivity contribution in [3.63, 3.8) is 0 Å². The van der Waals surface area contributed by atoms with Crippen molar-refractivity contribution < 1.29 is 23.8 Å². The lowest BCUT2D eigenvalue weighted by Gasteiger charge is -2.35. The third-order valence-corrected chi connectivity index (χ3v) is 5.22. The lowest BCUT2D eigenvalue weighted by atomic mass is 9.75. The summed E-state index contributed by atoms with van der Waals surface area (Å²) in [5.74, 6) is 1.16. The van der Waals surface area contributed by atoms with Crippen LogP contribution in [0.5, 0.6) is 0 Å². The van der Waals surface area contributed by atoms with Crippen LogP contribution >= 0.6 is 23.6 Å². The first-order chi connectivity index (χ1) is 10.1. The molecule has 0 aromatic heterocycles. The van der Waals surface area contributed by atoms with E-state index in [4.69, 9.17) is 20.7 Å². The molecule has 7 heteroatoms. The molecule has 0 bridgehead atoms. The highest BCUT2D eigenvalue weighted by Crippen LogP contribution is 2.41. The predicted octanol–water partition coefficient (Wildman–Crippen LogP) is 3.76. The van der Waals surface area contributed by atoms with Crippen molar-refractivity contribution in [2.45, 2.75) is 44.8 Å². The van der Waals surface area contributed by atoms with Crippen LogP contribution in [0.1, 0.15) is 39.5 Å². The van der Waals surface area contributed by atoms with Gasteiger partial charge in [0.25, 0.3) is 0 Å². The predicted molar refractivity (Wildman–Crippen MR) is 82.5 cm³/mol. The molecule has 1 saturated carbocycles.